The molecule has 0 radical (unpaired) electrons. The van der Waals surface area contributed by atoms with Crippen LogP contribution < -0.4 is 10.6 Å². The molecule has 0 spiro atoms. The van der Waals surface area contributed by atoms with Gasteiger partial charge in [0.15, 0.2) is 0 Å². The molecule has 0 aliphatic carbocycles. The maximum absolute atomic E-state index is 9.64. The van der Waals surface area contributed by atoms with E-state index < -0.39 is 11.9 Å². The Morgan fingerprint density at radius 1 is 1.03 bits per heavy atom. The van der Waals surface area contributed by atoms with E-state index in [1.54, 1.807) is 0 Å². The molecule has 1 aliphatic heterocycles. The van der Waals surface area contributed by atoms with Gasteiger partial charge in [0.1, 0.15) is 0 Å². The molecule has 156 valence electrons. The first-order valence-corrected chi connectivity index (χ1v) is 10.0. The Morgan fingerprint density at radius 3 is 2.28 bits per heavy atom. The highest BCUT2D eigenvalue weighted by Crippen LogP contribution is 2.33. The summed E-state index contributed by atoms with van der Waals surface area (Å²) in [6.45, 7) is 4.24. The summed E-state index contributed by atoms with van der Waals surface area (Å²) in [6.07, 6.45) is 1.51. The van der Waals surface area contributed by atoms with Gasteiger partial charge in [-0.1, -0.05) is 48.0 Å². The van der Waals surface area contributed by atoms with Crippen LogP contribution in [0.5, 0.6) is 0 Å². The largest absolute Gasteiger partial charge is 0.481 e. The number of fused-ring (bicyclic) bond motifs is 1. The normalized spacial score (nSPS) is 13.9. The van der Waals surface area contributed by atoms with Crippen molar-refractivity contribution in [3.05, 3.63) is 64.2 Å². The zero-order valence-electron chi connectivity index (χ0n) is 16.5. The summed E-state index contributed by atoms with van der Waals surface area (Å²) in [5.41, 5.74) is 5.16. The van der Waals surface area contributed by atoms with E-state index in [2.05, 4.69) is 47.9 Å². The molecule has 4 N–H and O–H groups in total. The highest BCUT2D eigenvalue weighted by Gasteiger charge is 2.16. The maximum Gasteiger partial charge on any atom is 0.303 e. The van der Waals surface area contributed by atoms with E-state index >= 15 is 0 Å². The Labute approximate surface area is 175 Å². The van der Waals surface area contributed by atoms with Crippen molar-refractivity contribution in [2.24, 2.45) is 0 Å². The predicted molar refractivity (Wildman–Crippen MR) is 115 cm³/mol. The number of nitrogens with one attached hydrogen (secondary N) is 2. The van der Waals surface area contributed by atoms with Crippen molar-refractivity contribution in [3.63, 3.8) is 0 Å². The first-order valence-electron chi connectivity index (χ1n) is 9.64. The van der Waals surface area contributed by atoms with Crippen LogP contribution in [0.15, 0.2) is 42.5 Å². The highest BCUT2D eigenvalue weighted by atomic mass is 35.5. The zero-order valence-corrected chi connectivity index (χ0v) is 17.2. The van der Waals surface area contributed by atoms with Crippen molar-refractivity contribution in [1.82, 2.24) is 5.32 Å². The van der Waals surface area contributed by atoms with Crippen LogP contribution in [0.4, 0.5) is 5.69 Å². The number of hydrogen-bond donors (Lipinski definition) is 4. The quantitative estimate of drug-likeness (QED) is 0.562. The fourth-order valence-electron chi connectivity index (χ4n) is 3.16. The standard InChI is InChI=1S/C18H21ClN2.C4H6O4/c1-13(14-5-3-2-4-6-14)21-18-16-10-12-20-11-9-15(16)7-8-17(18)19;5-3(6)1-2-4(7)8/h2-8,13,20-21H,9-12H2,1H3;1-2H2,(H,5,6)(H,7,8)/t13-;/m0./s1. The number of halogens is 1. The van der Waals surface area contributed by atoms with Crippen molar-refractivity contribution < 1.29 is 19.8 Å². The molecule has 6 nitrogen and oxygen atoms in total. The van der Waals surface area contributed by atoms with Crippen LogP contribution >= 0.6 is 11.6 Å². The van der Waals surface area contributed by atoms with Gasteiger partial charge in [-0.05, 0) is 55.6 Å². The summed E-state index contributed by atoms with van der Waals surface area (Å²) in [6, 6.07) is 14.9. The van der Waals surface area contributed by atoms with Crippen LogP contribution in [-0.2, 0) is 22.4 Å². The van der Waals surface area contributed by atoms with E-state index in [-0.39, 0.29) is 18.9 Å². The van der Waals surface area contributed by atoms with Crippen molar-refractivity contribution in [1.29, 1.82) is 0 Å². The molecule has 1 heterocycles. The van der Waals surface area contributed by atoms with Crippen LogP contribution in [0.2, 0.25) is 5.02 Å². The van der Waals surface area contributed by atoms with E-state index in [1.807, 2.05) is 12.1 Å². The Balaban J connectivity index is 0.000000321. The summed E-state index contributed by atoms with van der Waals surface area (Å²) >= 11 is 6.46. The molecule has 1 aliphatic rings. The summed E-state index contributed by atoms with van der Waals surface area (Å²) in [5, 5.41) is 23.7. The maximum atomic E-state index is 9.64. The summed E-state index contributed by atoms with van der Waals surface area (Å²) in [7, 11) is 0. The van der Waals surface area contributed by atoms with Gasteiger partial charge >= 0.3 is 11.9 Å². The Kier molecular flexibility index (Phi) is 8.96. The zero-order chi connectivity index (χ0) is 21.2. The fraction of sp³-hybridized carbons (Fsp3) is 0.364. The lowest BCUT2D eigenvalue weighted by Crippen LogP contribution is -2.16. The molecule has 2 aromatic rings. The number of carboxylic acids is 2. The van der Waals surface area contributed by atoms with Crippen LogP contribution in [-0.4, -0.2) is 35.2 Å². The second-order valence-electron chi connectivity index (χ2n) is 6.87. The van der Waals surface area contributed by atoms with Gasteiger partial charge in [-0.3, -0.25) is 9.59 Å². The van der Waals surface area contributed by atoms with Crippen molar-refractivity contribution >= 4 is 29.2 Å². The van der Waals surface area contributed by atoms with Gasteiger partial charge in [-0.2, -0.15) is 0 Å². The van der Waals surface area contributed by atoms with E-state index in [9.17, 15) is 9.59 Å². The molecular formula is C22H27ClN2O4. The van der Waals surface area contributed by atoms with Crippen LogP contribution in [0.25, 0.3) is 0 Å². The number of benzene rings is 2. The highest BCUT2D eigenvalue weighted by molar-refractivity contribution is 6.33. The molecular weight excluding hydrogens is 392 g/mol. The average Bonchev–Trinajstić information content (AvgIpc) is 2.95. The van der Waals surface area contributed by atoms with E-state index in [1.165, 1.54) is 16.7 Å². The molecule has 1 atom stereocenters. The first kappa shape index (κ1) is 22.7. The van der Waals surface area contributed by atoms with Gasteiger partial charge in [-0.15, -0.1) is 0 Å². The summed E-state index contributed by atoms with van der Waals surface area (Å²) in [5.74, 6) is -2.15. The Bertz CT molecular complexity index is 813. The Morgan fingerprint density at radius 2 is 1.66 bits per heavy atom. The van der Waals surface area contributed by atoms with E-state index in [0.717, 1.165) is 36.6 Å². The van der Waals surface area contributed by atoms with Crippen molar-refractivity contribution in [2.45, 2.75) is 38.6 Å². The molecule has 0 aromatic heterocycles. The molecule has 0 bridgehead atoms. The first-order chi connectivity index (χ1) is 13.9. The molecule has 7 heteroatoms. The summed E-state index contributed by atoms with van der Waals surface area (Å²) in [4.78, 5) is 19.3. The van der Waals surface area contributed by atoms with E-state index in [4.69, 9.17) is 21.8 Å². The average molecular weight is 419 g/mol. The molecule has 3 rings (SSSR count). The number of anilines is 1. The lowest BCUT2D eigenvalue weighted by atomic mass is 9.99. The molecule has 29 heavy (non-hydrogen) atoms. The van der Waals surface area contributed by atoms with Gasteiger partial charge in [0.05, 0.1) is 23.6 Å². The Hall–Kier alpha value is -2.57. The molecule has 0 fully saturated rings. The minimum absolute atomic E-state index is 0.242. The van der Waals surface area contributed by atoms with Gasteiger partial charge in [0.2, 0.25) is 0 Å². The minimum atomic E-state index is -1.08. The second-order valence-corrected chi connectivity index (χ2v) is 7.28. The van der Waals surface area contributed by atoms with Gasteiger partial charge < -0.3 is 20.8 Å². The number of carboxylic acid groups (broad SMARTS) is 2. The summed E-state index contributed by atoms with van der Waals surface area (Å²) < 4.78 is 0. The molecule has 0 amide bonds. The fourth-order valence-corrected chi connectivity index (χ4v) is 3.39. The SMILES string of the molecule is C[C@H](Nc1c(Cl)ccc2c1CCNCC2)c1ccccc1.O=C(O)CCC(=O)O. The van der Waals surface area contributed by atoms with Gasteiger partial charge in [0.25, 0.3) is 0 Å². The minimum Gasteiger partial charge on any atom is -0.481 e. The van der Waals surface area contributed by atoms with Crippen LogP contribution in [0.1, 0.15) is 42.5 Å². The van der Waals surface area contributed by atoms with Gasteiger partial charge in [0, 0.05) is 6.04 Å². The topological polar surface area (TPSA) is 98.7 Å². The monoisotopic (exact) mass is 418 g/mol. The number of rotatable bonds is 6. The van der Waals surface area contributed by atoms with Crippen LogP contribution in [0.3, 0.4) is 0 Å². The molecule has 2 aromatic carbocycles. The third-order valence-corrected chi connectivity index (χ3v) is 5.01. The number of hydrogen-bond acceptors (Lipinski definition) is 4. The molecule has 0 unspecified atom stereocenters. The molecule has 0 saturated carbocycles. The number of carbonyl (C=O) groups is 2. The predicted octanol–water partition coefficient (Wildman–Crippen LogP) is 4.14. The number of aliphatic carboxylic acids is 2. The van der Waals surface area contributed by atoms with Gasteiger partial charge in [-0.25, -0.2) is 0 Å². The van der Waals surface area contributed by atoms with Crippen LogP contribution in [0, 0.1) is 0 Å². The van der Waals surface area contributed by atoms with Crippen molar-refractivity contribution in [2.75, 3.05) is 18.4 Å². The second kappa shape index (κ2) is 11.4. The molecule has 0 saturated heterocycles. The third-order valence-electron chi connectivity index (χ3n) is 4.70. The third kappa shape index (κ3) is 7.40. The lowest BCUT2D eigenvalue weighted by molar-refractivity contribution is -0.143. The van der Waals surface area contributed by atoms with Crippen molar-refractivity contribution in [3.8, 4) is 0 Å². The van der Waals surface area contributed by atoms with E-state index in [0.29, 0.717) is 0 Å². The lowest BCUT2D eigenvalue weighted by Gasteiger charge is -2.21. The smallest absolute Gasteiger partial charge is 0.303 e.